The molecule has 0 aromatic heterocycles. The lowest BCUT2D eigenvalue weighted by molar-refractivity contribution is -0.137. The van der Waals surface area contributed by atoms with Crippen LogP contribution in [0.5, 0.6) is 0 Å². The molecular formula is C37H36N2O6. The average molecular weight is 605 g/mol. The van der Waals surface area contributed by atoms with Gasteiger partial charge in [0.2, 0.25) is 0 Å². The number of ether oxygens (including phenoxy) is 2. The van der Waals surface area contributed by atoms with Gasteiger partial charge in [-0.1, -0.05) is 97.1 Å². The molecule has 0 bridgehead atoms. The second kappa shape index (κ2) is 13.7. The second-order valence-corrected chi connectivity index (χ2v) is 11.5. The number of rotatable bonds is 12. The number of hydrogen-bond donors (Lipinski definition) is 3. The Morgan fingerprint density at radius 3 is 1.49 bits per heavy atom. The van der Waals surface area contributed by atoms with Crippen LogP contribution in [0.4, 0.5) is 9.59 Å². The molecule has 0 spiro atoms. The van der Waals surface area contributed by atoms with Gasteiger partial charge in [-0.2, -0.15) is 0 Å². The molecule has 0 heterocycles. The number of hydrogen-bond acceptors (Lipinski definition) is 5. The number of amides is 2. The van der Waals surface area contributed by atoms with E-state index in [-0.39, 0.29) is 31.5 Å². The Morgan fingerprint density at radius 1 is 0.622 bits per heavy atom. The molecule has 0 saturated heterocycles. The van der Waals surface area contributed by atoms with Crippen LogP contribution in [-0.4, -0.2) is 49.1 Å². The van der Waals surface area contributed by atoms with Crippen molar-refractivity contribution in [2.24, 2.45) is 0 Å². The van der Waals surface area contributed by atoms with Crippen molar-refractivity contribution in [3.05, 3.63) is 119 Å². The molecule has 8 heteroatoms. The zero-order chi connectivity index (χ0) is 31.2. The van der Waals surface area contributed by atoms with Gasteiger partial charge in [0.1, 0.15) is 13.2 Å². The van der Waals surface area contributed by atoms with Crippen LogP contribution in [0.15, 0.2) is 97.1 Å². The van der Waals surface area contributed by atoms with Crippen molar-refractivity contribution in [2.75, 3.05) is 19.8 Å². The molecule has 45 heavy (non-hydrogen) atoms. The van der Waals surface area contributed by atoms with Crippen molar-refractivity contribution < 1.29 is 29.0 Å². The summed E-state index contributed by atoms with van der Waals surface area (Å²) in [6, 6.07) is 31.9. The maximum absolute atomic E-state index is 12.7. The summed E-state index contributed by atoms with van der Waals surface area (Å²) in [7, 11) is 0. The highest BCUT2D eigenvalue weighted by atomic mass is 16.6. The zero-order valence-corrected chi connectivity index (χ0v) is 24.9. The highest BCUT2D eigenvalue weighted by molar-refractivity contribution is 5.80. The summed E-state index contributed by atoms with van der Waals surface area (Å²) in [5.41, 5.74) is 9.14. The van der Waals surface area contributed by atoms with E-state index >= 15 is 0 Å². The third-order valence-corrected chi connectivity index (χ3v) is 8.68. The van der Waals surface area contributed by atoms with E-state index in [1.807, 2.05) is 60.7 Å². The minimum atomic E-state index is -1.00. The SMILES string of the molecule is O=C(O)C[C@H](CCCCNC(=O)OCC1c2ccccc2-c2ccccc21)NC(=O)OCC1c2ccccc2-c2ccccc21. The van der Waals surface area contributed by atoms with Crippen LogP contribution in [0.1, 0.15) is 59.8 Å². The summed E-state index contributed by atoms with van der Waals surface area (Å²) >= 11 is 0. The Labute approximate surface area is 262 Å². The molecule has 2 aliphatic carbocycles. The van der Waals surface area contributed by atoms with Crippen LogP contribution in [0.25, 0.3) is 22.3 Å². The minimum absolute atomic E-state index is 0.0103. The number of unbranched alkanes of at least 4 members (excludes halogenated alkanes) is 1. The standard InChI is InChI=1S/C37H36N2O6/c40-35(41)21-24(39-37(43)45-23-34-31-18-7-3-14-27(31)28-15-4-8-19-32(28)34)11-9-10-20-38-36(42)44-22-33-29-16-5-1-12-25(29)26-13-2-6-17-30(26)33/h1-8,12-19,24,33-34H,9-11,20-23H2,(H,38,42)(H,39,43)(H,40,41)/t24-/m0/s1. The van der Waals surface area contributed by atoms with Gasteiger partial charge in [-0.05, 0) is 63.8 Å². The molecule has 0 aliphatic heterocycles. The highest BCUT2D eigenvalue weighted by Gasteiger charge is 2.30. The molecule has 1 atom stereocenters. The normalized spacial score (nSPS) is 13.6. The van der Waals surface area contributed by atoms with Crippen LogP contribution in [0.2, 0.25) is 0 Å². The van der Waals surface area contributed by atoms with Crippen molar-refractivity contribution in [2.45, 2.75) is 43.6 Å². The summed E-state index contributed by atoms with van der Waals surface area (Å²) in [5, 5.41) is 14.9. The predicted octanol–water partition coefficient (Wildman–Crippen LogP) is 7.08. The number of benzene rings is 4. The third-order valence-electron chi connectivity index (χ3n) is 8.68. The second-order valence-electron chi connectivity index (χ2n) is 11.5. The lowest BCUT2D eigenvalue weighted by Crippen LogP contribution is -2.37. The van der Waals surface area contributed by atoms with Crippen LogP contribution < -0.4 is 10.6 Å². The van der Waals surface area contributed by atoms with Crippen LogP contribution >= 0.6 is 0 Å². The topological polar surface area (TPSA) is 114 Å². The van der Waals surface area contributed by atoms with Gasteiger partial charge in [0.05, 0.1) is 6.42 Å². The summed E-state index contributed by atoms with van der Waals surface area (Å²) in [6.45, 7) is 0.774. The van der Waals surface area contributed by atoms with Crippen molar-refractivity contribution in [3.8, 4) is 22.3 Å². The van der Waals surface area contributed by atoms with Crippen LogP contribution in [0, 0.1) is 0 Å². The number of carbonyl (C=O) groups excluding carboxylic acids is 2. The highest BCUT2D eigenvalue weighted by Crippen LogP contribution is 2.45. The monoisotopic (exact) mass is 604 g/mol. The molecule has 4 aromatic carbocycles. The molecule has 4 aromatic rings. The lowest BCUT2D eigenvalue weighted by Gasteiger charge is -2.19. The number of carboxylic acid groups (broad SMARTS) is 1. The van der Waals surface area contributed by atoms with E-state index in [9.17, 15) is 19.5 Å². The zero-order valence-electron chi connectivity index (χ0n) is 24.9. The molecule has 6 rings (SSSR count). The lowest BCUT2D eigenvalue weighted by atomic mass is 9.98. The first kappa shape index (κ1) is 29.9. The van der Waals surface area contributed by atoms with E-state index in [4.69, 9.17) is 9.47 Å². The first-order valence-corrected chi connectivity index (χ1v) is 15.4. The van der Waals surface area contributed by atoms with Gasteiger partial charge in [0, 0.05) is 24.4 Å². The third kappa shape index (κ3) is 6.70. The molecule has 0 fully saturated rings. The fourth-order valence-corrected chi connectivity index (χ4v) is 6.60. The van der Waals surface area contributed by atoms with Crippen molar-refractivity contribution in [1.82, 2.24) is 10.6 Å². The molecule has 0 radical (unpaired) electrons. The maximum Gasteiger partial charge on any atom is 0.407 e. The summed E-state index contributed by atoms with van der Waals surface area (Å²) in [6.07, 6.45) is 0.292. The smallest absolute Gasteiger partial charge is 0.407 e. The molecular weight excluding hydrogens is 568 g/mol. The van der Waals surface area contributed by atoms with Gasteiger partial charge in [-0.25, -0.2) is 9.59 Å². The van der Waals surface area contributed by atoms with Gasteiger partial charge in [-0.3, -0.25) is 4.79 Å². The molecule has 2 amide bonds. The molecule has 3 N–H and O–H groups in total. The quantitative estimate of drug-likeness (QED) is 0.149. The first-order valence-electron chi connectivity index (χ1n) is 15.4. The van der Waals surface area contributed by atoms with E-state index in [2.05, 4.69) is 47.0 Å². The van der Waals surface area contributed by atoms with Crippen molar-refractivity contribution in [1.29, 1.82) is 0 Å². The largest absolute Gasteiger partial charge is 0.481 e. The Balaban J connectivity index is 0.936. The van der Waals surface area contributed by atoms with Gasteiger partial charge in [0.25, 0.3) is 0 Å². The number of fused-ring (bicyclic) bond motifs is 6. The first-order chi connectivity index (χ1) is 22.0. The van der Waals surface area contributed by atoms with Crippen molar-refractivity contribution >= 4 is 18.2 Å². The molecule has 8 nitrogen and oxygen atoms in total. The Bertz CT molecular complexity index is 1610. The predicted molar refractivity (Wildman–Crippen MR) is 171 cm³/mol. The molecule has 0 unspecified atom stereocenters. The van der Waals surface area contributed by atoms with Crippen LogP contribution in [-0.2, 0) is 14.3 Å². The number of alkyl carbamates (subject to hydrolysis) is 2. The molecule has 230 valence electrons. The van der Waals surface area contributed by atoms with E-state index in [1.165, 1.54) is 11.1 Å². The fourth-order valence-electron chi connectivity index (χ4n) is 6.60. The van der Waals surface area contributed by atoms with Gasteiger partial charge < -0.3 is 25.2 Å². The Hall–Kier alpha value is -5.11. The van der Waals surface area contributed by atoms with Crippen LogP contribution in [0.3, 0.4) is 0 Å². The number of nitrogens with one attached hydrogen (secondary N) is 2. The molecule has 2 aliphatic rings. The van der Waals surface area contributed by atoms with E-state index in [0.717, 1.165) is 33.4 Å². The fraction of sp³-hybridized carbons (Fsp3) is 0.270. The number of carboxylic acids is 1. The Kier molecular flexibility index (Phi) is 9.10. The van der Waals surface area contributed by atoms with E-state index in [1.54, 1.807) is 0 Å². The maximum atomic E-state index is 12.7. The minimum Gasteiger partial charge on any atom is -0.481 e. The van der Waals surface area contributed by atoms with Gasteiger partial charge in [0.15, 0.2) is 0 Å². The Morgan fingerprint density at radius 2 is 1.04 bits per heavy atom. The van der Waals surface area contributed by atoms with E-state index < -0.39 is 24.2 Å². The van der Waals surface area contributed by atoms with Gasteiger partial charge >= 0.3 is 18.2 Å². The summed E-state index contributed by atoms with van der Waals surface area (Å²) < 4.78 is 11.2. The molecule has 0 saturated carbocycles. The number of aliphatic carboxylic acids is 1. The summed E-state index contributed by atoms with van der Waals surface area (Å²) in [4.78, 5) is 36.7. The van der Waals surface area contributed by atoms with E-state index in [0.29, 0.717) is 25.8 Å². The average Bonchev–Trinajstić information content (AvgIpc) is 3.55. The van der Waals surface area contributed by atoms with Crippen molar-refractivity contribution in [3.63, 3.8) is 0 Å². The number of carbonyl (C=O) groups is 3. The summed E-state index contributed by atoms with van der Waals surface area (Å²) in [5.74, 6) is -1.09. The van der Waals surface area contributed by atoms with Gasteiger partial charge in [-0.15, -0.1) is 0 Å².